The summed E-state index contributed by atoms with van der Waals surface area (Å²) in [6.45, 7) is 8.53. The molecular weight excluding hydrogens is 548 g/mol. The van der Waals surface area contributed by atoms with Crippen LogP contribution in [-0.4, -0.2) is 43.9 Å². The average Bonchev–Trinajstić information content (AvgIpc) is 3.04. The Morgan fingerprint density at radius 3 is 2.11 bits per heavy atom. The van der Waals surface area contributed by atoms with Gasteiger partial charge in [0.05, 0.1) is 19.8 Å². The van der Waals surface area contributed by atoms with Gasteiger partial charge in [-0.15, -0.1) is 6.58 Å². The fourth-order valence-electron chi connectivity index (χ4n) is 4.87. The number of carbonyl (C=O) groups is 1. The average molecular weight is 605 g/mol. The minimum absolute atomic E-state index is 0.180. The molecule has 0 atom stereocenters. The van der Waals surface area contributed by atoms with Crippen molar-refractivity contribution in [2.75, 3.05) is 26.3 Å². The SMILES string of the molecule is C=CCCCCCCCCCOc1ccc(/C(=C/NCCN=Cc2cc(OCCCCCCCC)ccc2O)CC=O)cc1. The minimum atomic E-state index is 0.180. The number of unbranched alkanes of at least 4 members (excludes halogenated alkanes) is 12. The highest BCUT2D eigenvalue weighted by atomic mass is 16.5. The molecule has 2 aromatic carbocycles. The second-order valence-electron chi connectivity index (χ2n) is 11.3. The number of phenolic OH excluding ortho intramolecular Hbond substituents is 1. The summed E-state index contributed by atoms with van der Waals surface area (Å²) >= 11 is 0. The minimum Gasteiger partial charge on any atom is -0.507 e. The maximum atomic E-state index is 11.3. The second kappa shape index (κ2) is 24.9. The van der Waals surface area contributed by atoms with Crippen LogP contribution in [0.5, 0.6) is 17.2 Å². The molecule has 0 amide bonds. The first-order chi connectivity index (χ1) is 21.7. The molecule has 0 saturated heterocycles. The van der Waals surface area contributed by atoms with Gasteiger partial charge in [-0.05, 0) is 67.2 Å². The number of carbonyl (C=O) groups excluding carboxylic acids is 1. The number of phenols is 1. The lowest BCUT2D eigenvalue weighted by Crippen LogP contribution is -2.11. The van der Waals surface area contributed by atoms with E-state index in [2.05, 4.69) is 23.8 Å². The lowest BCUT2D eigenvalue weighted by molar-refractivity contribution is -0.107. The lowest BCUT2D eigenvalue weighted by Gasteiger charge is -2.09. The zero-order chi connectivity index (χ0) is 31.5. The maximum Gasteiger partial charge on any atom is 0.124 e. The lowest BCUT2D eigenvalue weighted by atomic mass is 10.0. The molecule has 0 aliphatic rings. The van der Waals surface area contributed by atoms with E-state index >= 15 is 0 Å². The fraction of sp³-hybridized carbons (Fsp3) is 0.526. The third kappa shape index (κ3) is 16.9. The predicted octanol–water partition coefficient (Wildman–Crippen LogP) is 9.46. The van der Waals surface area contributed by atoms with Gasteiger partial charge in [-0.25, -0.2) is 0 Å². The Morgan fingerprint density at radius 1 is 0.841 bits per heavy atom. The van der Waals surface area contributed by atoms with E-state index in [1.54, 1.807) is 18.3 Å². The second-order valence-corrected chi connectivity index (χ2v) is 11.3. The van der Waals surface area contributed by atoms with Crippen molar-refractivity contribution in [1.29, 1.82) is 0 Å². The van der Waals surface area contributed by atoms with Crippen LogP contribution in [0.25, 0.3) is 5.57 Å². The smallest absolute Gasteiger partial charge is 0.124 e. The first-order valence-electron chi connectivity index (χ1n) is 16.8. The van der Waals surface area contributed by atoms with Crippen molar-refractivity contribution >= 4 is 18.1 Å². The molecule has 44 heavy (non-hydrogen) atoms. The van der Waals surface area contributed by atoms with E-state index in [1.165, 1.54) is 70.6 Å². The number of hydrogen-bond acceptors (Lipinski definition) is 6. The Hall–Kier alpha value is -3.54. The van der Waals surface area contributed by atoms with Gasteiger partial charge in [-0.1, -0.05) is 89.3 Å². The van der Waals surface area contributed by atoms with Crippen molar-refractivity contribution in [3.8, 4) is 17.2 Å². The zero-order valence-electron chi connectivity index (χ0n) is 27.1. The summed E-state index contributed by atoms with van der Waals surface area (Å²) in [5.74, 6) is 1.78. The normalized spacial score (nSPS) is 11.5. The first-order valence-corrected chi connectivity index (χ1v) is 16.8. The summed E-state index contributed by atoms with van der Waals surface area (Å²) in [4.78, 5) is 15.8. The van der Waals surface area contributed by atoms with Gasteiger partial charge in [-0.3, -0.25) is 4.99 Å². The number of aldehydes is 1. The Balaban J connectivity index is 1.70. The molecule has 0 aliphatic carbocycles. The summed E-state index contributed by atoms with van der Waals surface area (Å²) < 4.78 is 11.8. The van der Waals surface area contributed by atoms with E-state index in [0.29, 0.717) is 31.7 Å². The predicted molar refractivity (Wildman–Crippen MR) is 185 cm³/mol. The Morgan fingerprint density at radius 2 is 1.45 bits per heavy atom. The molecular formula is C38H56N2O4. The summed E-state index contributed by atoms with van der Waals surface area (Å²) in [6, 6.07) is 13.2. The summed E-state index contributed by atoms with van der Waals surface area (Å²) in [5, 5.41) is 13.5. The van der Waals surface area contributed by atoms with Crippen LogP contribution < -0.4 is 14.8 Å². The van der Waals surface area contributed by atoms with E-state index in [1.807, 2.05) is 42.6 Å². The van der Waals surface area contributed by atoms with Crippen molar-refractivity contribution in [1.82, 2.24) is 5.32 Å². The van der Waals surface area contributed by atoms with Crippen molar-refractivity contribution in [2.24, 2.45) is 4.99 Å². The standard InChI is InChI=1S/C38H56N2O4/c1-3-5-7-9-11-12-13-15-16-28-43-36-20-18-33(19-21-36)34(24-27-41)31-39-25-26-40-32-35-30-37(22-23-38(35)42)44-29-17-14-10-8-6-4-2/h3,18-23,27,30-32,39,42H,1,4-17,24-26,28-29H2,2H3/b34-31+,40-32?. The van der Waals surface area contributed by atoms with E-state index in [4.69, 9.17) is 9.47 Å². The van der Waals surface area contributed by atoms with Gasteiger partial charge in [0.2, 0.25) is 0 Å². The number of nitrogens with one attached hydrogen (secondary N) is 1. The molecule has 0 bridgehead atoms. The quantitative estimate of drug-likeness (QED) is 0.0459. The van der Waals surface area contributed by atoms with Crippen LogP contribution in [0, 0.1) is 0 Å². The number of benzene rings is 2. The number of ether oxygens (including phenoxy) is 2. The molecule has 6 nitrogen and oxygen atoms in total. The van der Waals surface area contributed by atoms with Crippen molar-refractivity contribution in [3.63, 3.8) is 0 Å². The van der Waals surface area contributed by atoms with Crippen LogP contribution in [0.2, 0.25) is 0 Å². The molecule has 0 radical (unpaired) electrons. The van der Waals surface area contributed by atoms with Crippen LogP contribution >= 0.6 is 0 Å². The number of aromatic hydroxyl groups is 1. The fourth-order valence-corrected chi connectivity index (χ4v) is 4.87. The number of hydrogen-bond donors (Lipinski definition) is 2. The molecule has 242 valence electrons. The largest absolute Gasteiger partial charge is 0.507 e. The van der Waals surface area contributed by atoms with Gasteiger partial charge in [0.15, 0.2) is 0 Å². The van der Waals surface area contributed by atoms with Gasteiger partial charge in [0.25, 0.3) is 0 Å². The summed E-state index contributed by atoms with van der Waals surface area (Å²) in [7, 11) is 0. The van der Waals surface area contributed by atoms with Crippen LogP contribution in [0.3, 0.4) is 0 Å². The third-order valence-electron chi connectivity index (χ3n) is 7.51. The summed E-state index contributed by atoms with van der Waals surface area (Å²) in [5.41, 5.74) is 2.54. The molecule has 0 saturated carbocycles. The topological polar surface area (TPSA) is 80.2 Å². The molecule has 0 heterocycles. The molecule has 2 rings (SSSR count). The molecule has 0 aromatic heterocycles. The molecule has 0 fully saturated rings. The van der Waals surface area contributed by atoms with Gasteiger partial charge in [0.1, 0.15) is 23.5 Å². The highest BCUT2D eigenvalue weighted by Crippen LogP contribution is 2.23. The third-order valence-corrected chi connectivity index (χ3v) is 7.51. The summed E-state index contributed by atoms with van der Waals surface area (Å²) in [6.07, 6.45) is 23.9. The van der Waals surface area contributed by atoms with Crippen LogP contribution in [-0.2, 0) is 4.79 Å². The molecule has 0 spiro atoms. The van der Waals surface area contributed by atoms with Gasteiger partial charge in [-0.2, -0.15) is 0 Å². The Bertz CT molecular complexity index is 1090. The van der Waals surface area contributed by atoms with Crippen molar-refractivity contribution in [2.45, 2.75) is 103 Å². The zero-order valence-corrected chi connectivity index (χ0v) is 27.1. The highest BCUT2D eigenvalue weighted by molar-refractivity contribution is 5.84. The molecule has 0 unspecified atom stereocenters. The molecule has 0 aliphatic heterocycles. The van der Waals surface area contributed by atoms with Crippen molar-refractivity contribution < 1.29 is 19.4 Å². The highest BCUT2D eigenvalue weighted by Gasteiger charge is 2.04. The monoisotopic (exact) mass is 604 g/mol. The van der Waals surface area contributed by atoms with Crippen molar-refractivity contribution in [3.05, 3.63) is 72.4 Å². The number of rotatable bonds is 27. The van der Waals surface area contributed by atoms with E-state index in [9.17, 15) is 9.90 Å². The molecule has 2 N–H and O–H groups in total. The van der Waals surface area contributed by atoms with E-state index in [-0.39, 0.29) is 5.75 Å². The van der Waals surface area contributed by atoms with E-state index < -0.39 is 0 Å². The van der Waals surface area contributed by atoms with Gasteiger partial charge in [0, 0.05) is 30.9 Å². The van der Waals surface area contributed by atoms with E-state index in [0.717, 1.165) is 54.8 Å². The Kier molecular flexibility index (Phi) is 20.7. The molecule has 2 aromatic rings. The van der Waals surface area contributed by atoms with Gasteiger partial charge < -0.3 is 24.7 Å². The maximum absolute atomic E-state index is 11.3. The van der Waals surface area contributed by atoms with Crippen LogP contribution in [0.1, 0.15) is 114 Å². The number of allylic oxidation sites excluding steroid dienone is 2. The number of aliphatic imine (C=N–C) groups is 1. The molecule has 6 heteroatoms. The number of nitrogens with zero attached hydrogens (tertiary/aromatic N) is 1. The first kappa shape index (κ1) is 36.7. The Labute approximate surface area is 266 Å². The van der Waals surface area contributed by atoms with Crippen LogP contribution in [0.15, 0.2) is 66.3 Å². The van der Waals surface area contributed by atoms with Crippen LogP contribution in [0.4, 0.5) is 0 Å². The van der Waals surface area contributed by atoms with Gasteiger partial charge >= 0.3 is 0 Å².